The Morgan fingerprint density at radius 3 is 2.54 bits per heavy atom. The van der Waals surface area contributed by atoms with Gasteiger partial charge in [0.15, 0.2) is 5.78 Å². The van der Waals surface area contributed by atoms with Gasteiger partial charge in [-0.25, -0.2) is 0 Å². The number of benzene rings is 1. The highest BCUT2D eigenvalue weighted by molar-refractivity contribution is 14.1. The van der Waals surface area contributed by atoms with E-state index >= 15 is 0 Å². The van der Waals surface area contributed by atoms with Crippen LogP contribution in [0.3, 0.4) is 0 Å². The molecule has 0 N–H and O–H groups in total. The second kappa shape index (κ2) is 4.09. The molecular weight excluding hydrogens is 279 g/mol. The Labute approximate surface area is 91.4 Å². The minimum atomic E-state index is 0.0841. The number of methoxy groups -OCH3 is 1. The van der Waals surface area contributed by atoms with Crippen molar-refractivity contribution in [2.45, 2.75) is 13.8 Å². The monoisotopic (exact) mass is 290 g/mol. The number of ketones is 1. The van der Waals surface area contributed by atoms with Gasteiger partial charge in [-0.2, -0.15) is 0 Å². The van der Waals surface area contributed by atoms with Gasteiger partial charge in [-0.3, -0.25) is 4.79 Å². The van der Waals surface area contributed by atoms with Crippen LogP contribution in [0.1, 0.15) is 22.8 Å². The van der Waals surface area contributed by atoms with Gasteiger partial charge < -0.3 is 4.74 Å². The molecule has 13 heavy (non-hydrogen) atoms. The van der Waals surface area contributed by atoms with E-state index in [0.29, 0.717) is 0 Å². The van der Waals surface area contributed by atoms with Crippen LogP contribution in [0, 0.1) is 10.5 Å². The molecule has 0 aliphatic heterocycles. The second-order valence-corrected chi connectivity index (χ2v) is 3.97. The van der Waals surface area contributed by atoms with Crippen LogP contribution in [-0.4, -0.2) is 12.9 Å². The summed E-state index contributed by atoms with van der Waals surface area (Å²) in [5, 5.41) is 0. The predicted octanol–water partition coefficient (Wildman–Crippen LogP) is 2.81. The largest absolute Gasteiger partial charge is 0.496 e. The molecule has 3 heteroatoms. The lowest BCUT2D eigenvalue weighted by Gasteiger charge is -2.09. The lowest BCUT2D eigenvalue weighted by Crippen LogP contribution is -2.01. The molecular formula is C10H11IO2. The summed E-state index contributed by atoms with van der Waals surface area (Å²) < 4.78 is 6.11. The van der Waals surface area contributed by atoms with Gasteiger partial charge in [-0.15, -0.1) is 0 Å². The summed E-state index contributed by atoms with van der Waals surface area (Å²) in [5.41, 5.74) is 1.68. The van der Waals surface area contributed by atoms with Crippen molar-refractivity contribution in [1.82, 2.24) is 0 Å². The quantitative estimate of drug-likeness (QED) is 0.618. The zero-order valence-electron chi connectivity index (χ0n) is 7.85. The number of carbonyl (C=O) groups excluding carboxylic acids is 1. The van der Waals surface area contributed by atoms with Crippen LogP contribution in [0.4, 0.5) is 0 Å². The molecule has 0 bridgehead atoms. The van der Waals surface area contributed by atoms with Crippen molar-refractivity contribution in [1.29, 1.82) is 0 Å². The molecule has 1 aromatic carbocycles. The van der Waals surface area contributed by atoms with E-state index in [1.54, 1.807) is 14.0 Å². The standard InChI is InChI=1S/C10H11IO2/c1-6-9(13-3)5-4-8(11)10(6)7(2)12/h4-5H,1-3H3. The summed E-state index contributed by atoms with van der Waals surface area (Å²) in [6, 6.07) is 3.77. The minimum Gasteiger partial charge on any atom is -0.496 e. The third-order valence-electron chi connectivity index (χ3n) is 1.94. The van der Waals surface area contributed by atoms with Crippen LogP contribution in [0.5, 0.6) is 5.75 Å². The molecule has 0 aromatic heterocycles. The molecule has 0 unspecified atom stereocenters. The van der Waals surface area contributed by atoms with Crippen LogP contribution in [0.15, 0.2) is 12.1 Å². The van der Waals surface area contributed by atoms with E-state index in [9.17, 15) is 4.79 Å². The molecule has 2 nitrogen and oxygen atoms in total. The highest BCUT2D eigenvalue weighted by Gasteiger charge is 2.12. The molecule has 0 saturated heterocycles. The molecule has 0 saturated carbocycles. The molecule has 0 aliphatic carbocycles. The number of ether oxygens (including phenoxy) is 1. The molecule has 0 spiro atoms. The van der Waals surface area contributed by atoms with Crippen molar-refractivity contribution in [2.75, 3.05) is 7.11 Å². The van der Waals surface area contributed by atoms with Crippen LogP contribution >= 0.6 is 22.6 Å². The summed E-state index contributed by atoms with van der Waals surface area (Å²) in [6.45, 7) is 3.47. The number of hydrogen-bond acceptors (Lipinski definition) is 2. The van der Waals surface area contributed by atoms with Crippen molar-refractivity contribution in [3.8, 4) is 5.75 Å². The van der Waals surface area contributed by atoms with Crippen LogP contribution in [0.2, 0.25) is 0 Å². The highest BCUT2D eigenvalue weighted by Crippen LogP contribution is 2.25. The molecule has 1 aromatic rings. The Balaban J connectivity index is 3.38. The van der Waals surface area contributed by atoms with Gasteiger partial charge in [-0.05, 0) is 48.6 Å². The summed E-state index contributed by atoms with van der Waals surface area (Å²) in [4.78, 5) is 11.3. The first-order valence-electron chi connectivity index (χ1n) is 3.92. The topological polar surface area (TPSA) is 26.3 Å². The molecule has 0 fully saturated rings. The maximum Gasteiger partial charge on any atom is 0.161 e. The van der Waals surface area contributed by atoms with Crippen molar-refractivity contribution >= 4 is 28.4 Å². The lowest BCUT2D eigenvalue weighted by molar-refractivity contribution is 0.101. The second-order valence-electron chi connectivity index (χ2n) is 2.81. The van der Waals surface area contributed by atoms with Crippen LogP contribution in [0.25, 0.3) is 0 Å². The fourth-order valence-electron chi connectivity index (χ4n) is 1.31. The van der Waals surface area contributed by atoms with Crippen LogP contribution in [-0.2, 0) is 0 Å². The van der Waals surface area contributed by atoms with E-state index in [-0.39, 0.29) is 5.78 Å². The Morgan fingerprint density at radius 2 is 2.08 bits per heavy atom. The number of carbonyl (C=O) groups is 1. The van der Waals surface area contributed by atoms with E-state index in [0.717, 1.165) is 20.4 Å². The smallest absolute Gasteiger partial charge is 0.161 e. The van der Waals surface area contributed by atoms with Gasteiger partial charge in [0.1, 0.15) is 5.75 Å². The summed E-state index contributed by atoms with van der Waals surface area (Å²) in [7, 11) is 1.61. The van der Waals surface area contributed by atoms with Crippen molar-refractivity contribution in [2.24, 2.45) is 0 Å². The fraction of sp³-hybridized carbons (Fsp3) is 0.300. The van der Waals surface area contributed by atoms with E-state index < -0.39 is 0 Å². The van der Waals surface area contributed by atoms with E-state index in [2.05, 4.69) is 22.6 Å². The number of rotatable bonds is 2. The Morgan fingerprint density at radius 1 is 1.46 bits per heavy atom. The summed E-state index contributed by atoms with van der Waals surface area (Å²) in [5.74, 6) is 0.853. The SMILES string of the molecule is COc1ccc(I)c(C(C)=O)c1C. The molecule has 0 amide bonds. The lowest BCUT2D eigenvalue weighted by atomic mass is 10.1. The highest BCUT2D eigenvalue weighted by atomic mass is 127. The van der Waals surface area contributed by atoms with Gasteiger partial charge in [0.25, 0.3) is 0 Å². The van der Waals surface area contributed by atoms with Gasteiger partial charge in [0.05, 0.1) is 7.11 Å². The van der Waals surface area contributed by atoms with Gasteiger partial charge in [-0.1, -0.05) is 0 Å². The zero-order chi connectivity index (χ0) is 10.0. The van der Waals surface area contributed by atoms with Gasteiger partial charge in [0.2, 0.25) is 0 Å². The Bertz CT molecular complexity index is 345. The number of hydrogen-bond donors (Lipinski definition) is 0. The molecule has 0 atom stereocenters. The Kier molecular flexibility index (Phi) is 3.30. The first-order valence-corrected chi connectivity index (χ1v) is 4.99. The maximum absolute atomic E-state index is 11.3. The molecule has 1 rings (SSSR count). The normalized spacial score (nSPS) is 9.85. The average molecular weight is 290 g/mol. The van der Waals surface area contributed by atoms with E-state index in [4.69, 9.17) is 4.74 Å². The molecule has 0 radical (unpaired) electrons. The maximum atomic E-state index is 11.3. The third kappa shape index (κ3) is 2.02. The minimum absolute atomic E-state index is 0.0841. The van der Waals surface area contributed by atoms with E-state index in [1.165, 1.54) is 0 Å². The van der Waals surface area contributed by atoms with Gasteiger partial charge >= 0.3 is 0 Å². The molecule has 0 aliphatic rings. The number of halogens is 1. The first kappa shape index (κ1) is 10.5. The Hall–Kier alpha value is -0.580. The average Bonchev–Trinajstić information content (AvgIpc) is 2.04. The third-order valence-corrected chi connectivity index (χ3v) is 2.84. The number of Topliss-reactive ketones (excluding diaryl/α,β-unsaturated/α-hetero) is 1. The van der Waals surface area contributed by atoms with Crippen molar-refractivity contribution in [3.63, 3.8) is 0 Å². The summed E-state index contributed by atoms with van der Waals surface area (Å²) in [6.07, 6.45) is 0. The zero-order valence-corrected chi connectivity index (χ0v) is 10.0. The van der Waals surface area contributed by atoms with E-state index in [1.807, 2.05) is 19.1 Å². The van der Waals surface area contributed by atoms with Gasteiger partial charge in [0, 0.05) is 14.7 Å². The fourth-order valence-corrected chi connectivity index (χ4v) is 2.28. The summed E-state index contributed by atoms with van der Waals surface area (Å²) >= 11 is 2.16. The molecule has 0 heterocycles. The molecule has 70 valence electrons. The first-order chi connectivity index (χ1) is 6.07. The predicted molar refractivity (Wildman–Crippen MR) is 60.5 cm³/mol. The van der Waals surface area contributed by atoms with Crippen molar-refractivity contribution < 1.29 is 9.53 Å². The van der Waals surface area contributed by atoms with Crippen LogP contribution < -0.4 is 4.74 Å². The van der Waals surface area contributed by atoms with Crippen molar-refractivity contribution in [3.05, 3.63) is 26.8 Å².